The van der Waals surface area contributed by atoms with Crippen LogP contribution >= 0.6 is 11.3 Å². The zero-order valence-electron chi connectivity index (χ0n) is 6.29. The molecule has 2 heteroatoms. The highest BCUT2D eigenvalue weighted by atomic mass is 32.1. The molecule has 3 atom stereocenters. The predicted octanol–water partition coefficient (Wildman–Crippen LogP) is 2.05. The number of hydrogen-bond donors (Lipinski definition) is 1. The van der Waals surface area contributed by atoms with Crippen molar-refractivity contribution in [3.05, 3.63) is 21.9 Å². The smallest absolute Gasteiger partial charge is 0.0115 e. The van der Waals surface area contributed by atoms with E-state index in [0.29, 0.717) is 12.0 Å². The summed E-state index contributed by atoms with van der Waals surface area (Å²) in [6.07, 6.45) is 2.57. The van der Waals surface area contributed by atoms with Crippen molar-refractivity contribution in [2.45, 2.75) is 30.7 Å². The van der Waals surface area contributed by atoms with Crippen LogP contribution in [0.4, 0.5) is 0 Å². The molecule has 0 spiro atoms. The fourth-order valence-electron chi connectivity index (χ4n) is 2.61. The molecule has 0 unspecified atom stereocenters. The van der Waals surface area contributed by atoms with Gasteiger partial charge < -0.3 is 5.73 Å². The topological polar surface area (TPSA) is 26.0 Å². The maximum atomic E-state index is 6.00. The second-order valence-corrected chi connectivity index (χ2v) is 4.63. The van der Waals surface area contributed by atoms with Crippen molar-refractivity contribution in [1.29, 1.82) is 0 Å². The van der Waals surface area contributed by atoms with Gasteiger partial charge in [0, 0.05) is 16.8 Å². The molecule has 0 amide bonds. The number of rotatable bonds is 0. The molecule has 2 bridgehead atoms. The largest absolute Gasteiger partial charge is 0.327 e. The first-order valence-electron chi connectivity index (χ1n) is 4.19. The van der Waals surface area contributed by atoms with Crippen LogP contribution in [0.15, 0.2) is 11.4 Å². The van der Waals surface area contributed by atoms with E-state index in [0.717, 1.165) is 5.92 Å². The fraction of sp³-hybridized carbons (Fsp3) is 0.556. The maximum absolute atomic E-state index is 6.00. The Kier molecular flexibility index (Phi) is 1.06. The highest BCUT2D eigenvalue weighted by Gasteiger charge is 2.42. The molecular weight excluding hydrogens is 154 g/mol. The standard InChI is InChI=1S/C9H11NS/c10-8-4-5-3-7(8)6-1-2-11-9(5)6/h1-2,5,7-8H,3-4,10H2/t5-,7-,8+/m0/s1. The molecule has 2 aliphatic rings. The minimum absolute atomic E-state index is 0.460. The Balaban J connectivity index is 2.17. The molecule has 1 aromatic heterocycles. The predicted molar refractivity (Wildman–Crippen MR) is 47.0 cm³/mol. The summed E-state index contributed by atoms with van der Waals surface area (Å²) < 4.78 is 0. The summed E-state index contributed by atoms with van der Waals surface area (Å²) in [5.74, 6) is 1.53. The zero-order valence-corrected chi connectivity index (χ0v) is 7.10. The normalized spacial score (nSPS) is 39.5. The summed E-state index contributed by atoms with van der Waals surface area (Å²) in [4.78, 5) is 1.64. The molecule has 1 heterocycles. The quantitative estimate of drug-likeness (QED) is 0.625. The van der Waals surface area contributed by atoms with E-state index in [-0.39, 0.29) is 0 Å². The van der Waals surface area contributed by atoms with Gasteiger partial charge in [0.15, 0.2) is 0 Å². The minimum atomic E-state index is 0.460. The summed E-state index contributed by atoms with van der Waals surface area (Å²) in [5, 5.41) is 2.21. The van der Waals surface area contributed by atoms with Crippen molar-refractivity contribution >= 4 is 11.3 Å². The van der Waals surface area contributed by atoms with E-state index in [1.807, 2.05) is 11.3 Å². The molecular formula is C9H11NS. The van der Waals surface area contributed by atoms with Gasteiger partial charge in [-0.3, -0.25) is 0 Å². The Bertz CT molecular complexity index is 292. The van der Waals surface area contributed by atoms with Crippen molar-refractivity contribution in [2.75, 3.05) is 0 Å². The van der Waals surface area contributed by atoms with Gasteiger partial charge in [-0.25, -0.2) is 0 Å². The van der Waals surface area contributed by atoms with Crippen LogP contribution in [0, 0.1) is 0 Å². The van der Waals surface area contributed by atoms with Crippen LogP contribution in [0.2, 0.25) is 0 Å². The van der Waals surface area contributed by atoms with E-state index in [2.05, 4.69) is 11.4 Å². The summed E-state index contributed by atoms with van der Waals surface area (Å²) in [5.41, 5.74) is 7.57. The van der Waals surface area contributed by atoms with Crippen molar-refractivity contribution < 1.29 is 0 Å². The average molecular weight is 165 g/mol. The third kappa shape index (κ3) is 0.644. The molecule has 0 aliphatic heterocycles. The number of fused-ring (bicyclic) bond motifs is 5. The maximum Gasteiger partial charge on any atom is 0.0115 e. The first-order valence-corrected chi connectivity index (χ1v) is 5.07. The second kappa shape index (κ2) is 1.87. The van der Waals surface area contributed by atoms with Crippen molar-refractivity contribution in [3.8, 4) is 0 Å². The Morgan fingerprint density at radius 1 is 1.45 bits per heavy atom. The van der Waals surface area contributed by atoms with Gasteiger partial charge in [0.2, 0.25) is 0 Å². The summed E-state index contributed by atoms with van der Waals surface area (Å²) in [7, 11) is 0. The molecule has 2 aliphatic carbocycles. The van der Waals surface area contributed by atoms with Crippen LogP contribution in [0.5, 0.6) is 0 Å². The molecule has 1 nitrogen and oxygen atoms in total. The lowest BCUT2D eigenvalue weighted by Crippen LogP contribution is -2.24. The minimum Gasteiger partial charge on any atom is -0.327 e. The van der Waals surface area contributed by atoms with Crippen molar-refractivity contribution in [1.82, 2.24) is 0 Å². The van der Waals surface area contributed by atoms with Crippen LogP contribution in [-0.4, -0.2) is 6.04 Å². The second-order valence-electron chi connectivity index (χ2n) is 3.68. The summed E-state index contributed by atoms with van der Waals surface area (Å²) in [6, 6.07) is 2.73. The summed E-state index contributed by atoms with van der Waals surface area (Å²) in [6.45, 7) is 0. The molecule has 0 saturated heterocycles. The zero-order chi connectivity index (χ0) is 7.42. The van der Waals surface area contributed by atoms with Gasteiger partial charge in [0.1, 0.15) is 0 Å². The SMILES string of the molecule is N[C@@H]1C[C@@H]2C[C@H]1c1ccsc12. The number of nitrogens with two attached hydrogens (primary N) is 1. The van der Waals surface area contributed by atoms with Crippen LogP contribution in [0.1, 0.15) is 35.1 Å². The van der Waals surface area contributed by atoms with Crippen LogP contribution in [0.25, 0.3) is 0 Å². The first kappa shape index (κ1) is 6.21. The Labute approximate surface area is 70.2 Å². The van der Waals surface area contributed by atoms with E-state index in [9.17, 15) is 0 Å². The van der Waals surface area contributed by atoms with E-state index in [1.165, 1.54) is 12.8 Å². The first-order chi connectivity index (χ1) is 5.36. The third-order valence-corrected chi connectivity index (χ3v) is 4.20. The van der Waals surface area contributed by atoms with Crippen molar-refractivity contribution in [3.63, 3.8) is 0 Å². The molecule has 1 aromatic rings. The van der Waals surface area contributed by atoms with Gasteiger partial charge >= 0.3 is 0 Å². The van der Waals surface area contributed by atoms with Gasteiger partial charge in [0.05, 0.1) is 0 Å². The molecule has 1 fully saturated rings. The Morgan fingerprint density at radius 3 is 3.27 bits per heavy atom. The monoisotopic (exact) mass is 165 g/mol. The van der Waals surface area contributed by atoms with E-state index in [4.69, 9.17) is 5.73 Å². The van der Waals surface area contributed by atoms with Crippen LogP contribution in [-0.2, 0) is 0 Å². The van der Waals surface area contributed by atoms with Gasteiger partial charge in [-0.05, 0) is 35.8 Å². The Morgan fingerprint density at radius 2 is 2.36 bits per heavy atom. The molecule has 58 valence electrons. The van der Waals surface area contributed by atoms with Crippen LogP contribution < -0.4 is 5.73 Å². The van der Waals surface area contributed by atoms with E-state index >= 15 is 0 Å². The molecule has 0 aromatic carbocycles. The highest BCUT2D eigenvalue weighted by Crippen LogP contribution is 2.54. The third-order valence-electron chi connectivity index (χ3n) is 3.11. The van der Waals surface area contributed by atoms with Gasteiger partial charge in [0.25, 0.3) is 0 Å². The molecule has 1 saturated carbocycles. The molecule has 0 radical (unpaired) electrons. The molecule has 3 rings (SSSR count). The van der Waals surface area contributed by atoms with E-state index < -0.39 is 0 Å². The lowest BCUT2D eigenvalue weighted by atomic mass is 9.95. The van der Waals surface area contributed by atoms with Crippen LogP contribution in [0.3, 0.4) is 0 Å². The van der Waals surface area contributed by atoms with Gasteiger partial charge in [-0.1, -0.05) is 0 Å². The fourth-order valence-corrected chi connectivity index (χ4v) is 3.71. The highest BCUT2D eigenvalue weighted by molar-refractivity contribution is 7.10. The van der Waals surface area contributed by atoms with Gasteiger partial charge in [-0.2, -0.15) is 0 Å². The molecule has 2 N–H and O–H groups in total. The van der Waals surface area contributed by atoms with Crippen molar-refractivity contribution in [2.24, 2.45) is 5.73 Å². The molecule has 11 heavy (non-hydrogen) atoms. The lowest BCUT2D eigenvalue weighted by Gasteiger charge is -2.16. The van der Waals surface area contributed by atoms with Gasteiger partial charge in [-0.15, -0.1) is 11.3 Å². The van der Waals surface area contributed by atoms with E-state index in [1.54, 1.807) is 10.4 Å². The number of hydrogen-bond acceptors (Lipinski definition) is 2. The number of thiophene rings is 1. The summed E-state index contributed by atoms with van der Waals surface area (Å²) >= 11 is 1.92. The average Bonchev–Trinajstić information content (AvgIpc) is 2.52. The lowest BCUT2D eigenvalue weighted by molar-refractivity contribution is 0.600. The Hall–Kier alpha value is -0.340.